The smallest absolute Gasteiger partial charge is 0.0546 e. The maximum absolute atomic E-state index is 2.48. The SMILES string of the molecule is c1ccc(-c2cccc(-c3ccc(-c4ccc(N(c5ccccc5-c5cccc6c5sc5ccccc56)c5cc6ccccc6c6ccccc56)cc4)cc3)c2)cc1. The molecule has 0 atom stereocenters. The molecule has 1 heterocycles. The molecule has 0 fully saturated rings. The summed E-state index contributed by atoms with van der Waals surface area (Å²) in [5, 5.41) is 7.55. The second-order valence-corrected chi connectivity index (χ2v) is 15.9. The maximum atomic E-state index is 2.48. The van der Waals surface area contributed by atoms with Crippen LogP contribution < -0.4 is 4.90 Å². The third-order valence-electron chi connectivity index (χ3n) is 11.5. The van der Waals surface area contributed by atoms with E-state index in [1.54, 1.807) is 0 Å². The molecule has 0 radical (unpaired) electrons. The lowest BCUT2D eigenvalue weighted by molar-refractivity contribution is 1.30. The van der Waals surface area contributed by atoms with Gasteiger partial charge < -0.3 is 4.90 Å². The van der Waals surface area contributed by atoms with Crippen LogP contribution in [0, 0.1) is 0 Å². The predicted molar refractivity (Wildman–Crippen MR) is 251 cm³/mol. The van der Waals surface area contributed by atoms with Crippen molar-refractivity contribution < 1.29 is 0 Å². The number of anilines is 3. The molecule has 0 spiro atoms. The van der Waals surface area contributed by atoms with Crippen LogP contribution in [0.25, 0.3) is 86.2 Å². The van der Waals surface area contributed by atoms with Crippen LogP contribution in [0.3, 0.4) is 0 Å². The van der Waals surface area contributed by atoms with E-state index >= 15 is 0 Å². The van der Waals surface area contributed by atoms with Gasteiger partial charge in [-0.3, -0.25) is 0 Å². The van der Waals surface area contributed by atoms with E-state index < -0.39 is 0 Å². The summed E-state index contributed by atoms with van der Waals surface area (Å²) in [6.07, 6.45) is 0. The van der Waals surface area contributed by atoms with Gasteiger partial charge in [0.25, 0.3) is 0 Å². The largest absolute Gasteiger partial charge is 0.309 e. The Bertz CT molecular complexity index is 3270. The van der Waals surface area contributed by atoms with Gasteiger partial charge in [-0.05, 0) is 85.9 Å². The molecule has 58 heavy (non-hydrogen) atoms. The highest BCUT2D eigenvalue weighted by Crippen LogP contribution is 2.48. The van der Waals surface area contributed by atoms with Crippen molar-refractivity contribution in [2.24, 2.45) is 0 Å². The zero-order valence-corrected chi connectivity index (χ0v) is 32.5. The molecule has 1 aromatic heterocycles. The molecule has 2 heteroatoms. The average Bonchev–Trinajstić information content (AvgIpc) is 3.69. The van der Waals surface area contributed by atoms with E-state index in [0.717, 1.165) is 17.1 Å². The van der Waals surface area contributed by atoms with Gasteiger partial charge >= 0.3 is 0 Å². The minimum Gasteiger partial charge on any atom is -0.309 e. The standard InChI is InChI=1S/C56H37NS/c1-2-14-38(15-3-1)42-17-12-18-43(36-42)41-30-28-39(29-31-41)40-32-34-45(35-33-40)57(54-37-44-16-4-5-19-46(44)47-20-6-7-21-48(47)54)53-26-10-8-22-49(53)51-24-13-25-52-50-23-9-11-27-55(50)58-56(51)52/h1-37H. The topological polar surface area (TPSA) is 3.24 Å². The first-order valence-corrected chi connectivity index (χ1v) is 20.7. The summed E-state index contributed by atoms with van der Waals surface area (Å²) < 4.78 is 2.62. The summed E-state index contributed by atoms with van der Waals surface area (Å²) in [6.45, 7) is 0. The second-order valence-electron chi connectivity index (χ2n) is 14.9. The number of nitrogens with zero attached hydrogens (tertiary/aromatic N) is 1. The van der Waals surface area contributed by atoms with Crippen LogP contribution in [-0.4, -0.2) is 0 Å². The molecule has 0 unspecified atom stereocenters. The molecule has 1 nitrogen and oxygen atoms in total. The van der Waals surface area contributed by atoms with Crippen LogP contribution in [0.4, 0.5) is 17.1 Å². The maximum Gasteiger partial charge on any atom is 0.0546 e. The highest BCUT2D eigenvalue weighted by atomic mass is 32.1. The summed E-state index contributed by atoms with van der Waals surface area (Å²) in [7, 11) is 0. The molecule has 0 bridgehead atoms. The Morgan fingerprint density at radius 3 is 1.59 bits per heavy atom. The number of benzene rings is 10. The van der Waals surface area contributed by atoms with Gasteiger partial charge in [-0.2, -0.15) is 0 Å². The van der Waals surface area contributed by atoms with Crippen molar-refractivity contribution in [3.8, 4) is 44.5 Å². The van der Waals surface area contributed by atoms with Gasteiger partial charge in [-0.25, -0.2) is 0 Å². The predicted octanol–water partition coefficient (Wildman–Crippen LogP) is 16.5. The van der Waals surface area contributed by atoms with E-state index in [0.29, 0.717) is 0 Å². The summed E-state index contributed by atoms with van der Waals surface area (Å²) in [6, 6.07) is 81.9. The lowest BCUT2D eigenvalue weighted by Gasteiger charge is -2.30. The molecule has 0 saturated carbocycles. The monoisotopic (exact) mass is 755 g/mol. The summed E-state index contributed by atoms with van der Waals surface area (Å²) in [5.41, 5.74) is 13.1. The fourth-order valence-corrected chi connectivity index (χ4v) is 9.88. The number of para-hydroxylation sites is 1. The van der Waals surface area contributed by atoms with Gasteiger partial charge in [-0.15, -0.1) is 11.3 Å². The van der Waals surface area contributed by atoms with Gasteiger partial charge in [0.05, 0.1) is 11.4 Å². The van der Waals surface area contributed by atoms with Crippen molar-refractivity contribution in [2.45, 2.75) is 0 Å². The third kappa shape index (κ3) is 5.94. The second kappa shape index (κ2) is 14.4. The van der Waals surface area contributed by atoms with Crippen molar-refractivity contribution in [2.75, 3.05) is 4.90 Å². The van der Waals surface area contributed by atoms with E-state index in [1.807, 2.05) is 11.3 Å². The Labute approximate surface area is 342 Å². The zero-order valence-electron chi connectivity index (χ0n) is 31.7. The van der Waals surface area contributed by atoms with Crippen LogP contribution in [-0.2, 0) is 0 Å². The first-order valence-electron chi connectivity index (χ1n) is 19.8. The molecular weight excluding hydrogens is 719 g/mol. The molecule has 10 aromatic carbocycles. The Morgan fingerprint density at radius 1 is 0.293 bits per heavy atom. The molecule has 0 aliphatic heterocycles. The lowest BCUT2D eigenvalue weighted by Crippen LogP contribution is -2.12. The molecule has 0 amide bonds. The number of rotatable bonds is 7. The number of hydrogen-bond donors (Lipinski definition) is 0. The van der Waals surface area contributed by atoms with E-state index in [9.17, 15) is 0 Å². The Hall–Kier alpha value is -7.26. The lowest BCUT2D eigenvalue weighted by atomic mass is 9.96. The van der Waals surface area contributed by atoms with E-state index in [4.69, 9.17) is 0 Å². The van der Waals surface area contributed by atoms with E-state index in [2.05, 4.69) is 229 Å². The zero-order chi connectivity index (χ0) is 38.4. The normalized spacial score (nSPS) is 11.4. The Kier molecular flexibility index (Phi) is 8.42. The van der Waals surface area contributed by atoms with Crippen molar-refractivity contribution in [1.82, 2.24) is 0 Å². The van der Waals surface area contributed by atoms with Gasteiger partial charge in [0.15, 0.2) is 0 Å². The summed E-state index contributed by atoms with van der Waals surface area (Å²) in [5.74, 6) is 0. The highest BCUT2D eigenvalue weighted by Gasteiger charge is 2.22. The number of hydrogen-bond acceptors (Lipinski definition) is 2. The Morgan fingerprint density at radius 2 is 0.810 bits per heavy atom. The average molecular weight is 756 g/mol. The molecule has 0 aliphatic carbocycles. The van der Waals surface area contributed by atoms with Crippen molar-refractivity contribution >= 4 is 70.1 Å². The molecule has 11 aromatic rings. The van der Waals surface area contributed by atoms with Crippen LogP contribution >= 0.6 is 11.3 Å². The van der Waals surface area contributed by atoms with Gasteiger partial charge in [-0.1, -0.05) is 188 Å². The first kappa shape index (κ1) is 34.0. The van der Waals surface area contributed by atoms with Crippen molar-refractivity contribution in [1.29, 1.82) is 0 Å². The fraction of sp³-hybridized carbons (Fsp3) is 0. The molecule has 272 valence electrons. The number of thiophene rings is 1. The van der Waals surface area contributed by atoms with Crippen molar-refractivity contribution in [3.63, 3.8) is 0 Å². The minimum atomic E-state index is 1.11. The van der Waals surface area contributed by atoms with Crippen LogP contribution in [0.2, 0.25) is 0 Å². The summed E-state index contributed by atoms with van der Waals surface area (Å²) >= 11 is 1.88. The van der Waals surface area contributed by atoms with Gasteiger partial charge in [0, 0.05) is 42.4 Å². The van der Waals surface area contributed by atoms with Crippen LogP contribution in [0.5, 0.6) is 0 Å². The van der Waals surface area contributed by atoms with Crippen LogP contribution in [0.15, 0.2) is 224 Å². The number of fused-ring (bicyclic) bond motifs is 6. The molecule has 11 rings (SSSR count). The first-order chi connectivity index (χ1) is 28.8. The third-order valence-corrected chi connectivity index (χ3v) is 12.7. The van der Waals surface area contributed by atoms with Gasteiger partial charge in [0.1, 0.15) is 0 Å². The Balaban J connectivity index is 1.04. The van der Waals surface area contributed by atoms with E-state index in [-0.39, 0.29) is 0 Å². The quantitative estimate of drug-likeness (QED) is 0.146. The minimum absolute atomic E-state index is 1.11. The molecule has 0 aliphatic rings. The van der Waals surface area contributed by atoms with E-state index in [1.165, 1.54) is 86.2 Å². The summed E-state index contributed by atoms with van der Waals surface area (Å²) in [4.78, 5) is 2.48. The van der Waals surface area contributed by atoms with Gasteiger partial charge in [0.2, 0.25) is 0 Å². The highest BCUT2D eigenvalue weighted by molar-refractivity contribution is 7.26. The van der Waals surface area contributed by atoms with Crippen molar-refractivity contribution in [3.05, 3.63) is 224 Å². The fourth-order valence-electron chi connectivity index (χ4n) is 8.65. The molecular formula is C56H37NS. The molecule has 0 N–H and O–H groups in total. The molecule has 0 saturated heterocycles. The van der Waals surface area contributed by atoms with Crippen LogP contribution in [0.1, 0.15) is 0 Å².